The molecule has 0 bridgehead atoms. The number of aliphatic hydroxyl groups is 1. The standard InChI is InChI=1S/C31H39ClN4O3/c1-6-10-36(11-7-2)31(39)26-16-27-28(32)17-25(18-29(27)34-30(19-26)33-4)22-8-9-23(20-38)24(15-22)14-21(3)35(5)12-13-37/h8-9,14-18,20,37H,6-7,10-13,19H2,1-5H3,(H,33,34)/b21-14-. The van der Waals surface area contributed by atoms with E-state index in [2.05, 4.69) is 19.2 Å². The minimum Gasteiger partial charge on any atom is -0.395 e. The van der Waals surface area contributed by atoms with Gasteiger partial charge < -0.3 is 20.2 Å². The summed E-state index contributed by atoms with van der Waals surface area (Å²) in [5.41, 5.74) is 6.06. The number of allylic oxidation sites excluding steroid dienone is 1. The second-order valence-electron chi connectivity index (χ2n) is 9.73. The quantitative estimate of drug-likeness (QED) is 0.346. The highest BCUT2D eigenvalue weighted by molar-refractivity contribution is 6.33. The molecule has 0 saturated heterocycles. The summed E-state index contributed by atoms with van der Waals surface area (Å²) >= 11 is 6.83. The molecule has 208 valence electrons. The van der Waals surface area contributed by atoms with Crippen LogP contribution in [0, 0.1) is 0 Å². The van der Waals surface area contributed by atoms with Gasteiger partial charge in [-0.05, 0) is 66.8 Å². The zero-order chi connectivity index (χ0) is 28.5. The topological polar surface area (TPSA) is 85.2 Å². The van der Waals surface area contributed by atoms with E-state index in [-0.39, 0.29) is 12.5 Å². The highest BCUT2D eigenvalue weighted by Gasteiger charge is 2.23. The van der Waals surface area contributed by atoms with Gasteiger partial charge in [-0.3, -0.25) is 9.59 Å². The summed E-state index contributed by atoms with van der Waals surface area (Å²) < 4.78 is 0. The van der Waals surface area contributed by atoms with E-state index in [0.29, 0.717) is 59.3 Å². The second kappa shape index (κ2) is 14.1. The second-order valence-corrected chi connectivity index (χ2v) is 10.1. The zero-order valence-corrected chi connectivity index (χ0v) is 24.3. The smallest absolute Gasteiger partial charge is 0.250 e. The number of amides is 1. The van der Waals surface area contributed by atoms with E-state index in [4.69, 9.17) is 16.6 Å². The summed E-state index contributed by atoms with van der Waals surface area (Å²) in [6.07, 6.45) is 6.83. The lowest BCUT2D eigenvalue weighted by molar-refractivity contribution is -0.127. The number of aldehydes is 1. The van der Waals surface area contributed by atoms with Gasteiger partial charge in [0.25, 0.3) is 0 Å². The van der Waals surface area contributed by atoms with Gasteiger partial charge >= 0.3 is 0 Å². The van der Waals surface area contributed by atoms with E-state index in [9.17, 15) is 14.7 Å². The number of hydrogen-bond donors (Lipinski definition) is 2. The average molecular weight is 551 g/mol. The summed E-state index contributed by atoms with van der Waals surface area (Å²) in [5.74, 6) is 0.703. The lowest BCUT2D eigenvalue weighted by atomic mass is 9.96. The molecule has 2 aromatic rings. The number of nitrogens with zero attached hydrogens (tertiary/aromatic N) is 3. The molecule has 8 heteroatoms. The number of aliphatic imine (C=N–C) groups is 1. The fourth-order valence-electron chi connectivity index (χ4n) is 4.58. The van der Waals surface area contributed by atoms with Crippen molar-refractivity contribution >= 4 is 47.5 Å². The van der Waals surface area contributed by atoms with Gasteiger partial charge in [0, 0.05) is 62.5 Å². The van der Waals surface area contributed by atoms with Gasteiger partial charge in [0.05, 0.1) is 17.3 Å². The first kappa shape index (κ1) is 30.1. The predicted octanol–water partition coefficient (Wildman–Crippen LogP) is 5.79. The van der Waals surface area contributed by atoms with Gasteiger partial charge in [-0.25, -0.2) is 4.99 Å². The number of halogens is 1. The number of carbonyl (C=O) groups excluding carboxylic acids is 2. The lowest BCUT2D eigenvalue weighted by Gasteiger charge is -2.23. The molecule has 1 heterocycles. The van der Waals surface area contributed by atoms with Gasteiger partial charge in [0.1, 0.15) is 5.84 Å². The Bertz CT molecular complexity index is 1290. The molecule has 0 atom stereocenters. The summed E-state index contributed by atoms with van der Waals surface area (Å²) in [5, 5.41) is 12.9. The van der Waals surface area contributed by atoms with Crippen LogP contribution in [0.4, 0.5) is 5.69 Å². The van der Waals surface area contributed by atoms with Gasteiger partial charge in [0.15, 0.2) is 6.29 Å². The molecule has 0 radical (unpaired) electrons. The molecular weight excluding hydrogens is 512 g/mol. The molecule has 0 fully saturated rings. The minimum atomic E-state index is 0.0112. The van der Waals surface area contributed by atoms with Crippen LogP contribution in [0.15, 0.2) is 46.6 Å². The number of fused-ring (bicyclic) bond motifs is 1. The third-order valence-corrected chi connectivity index (χ3v) is 7.14. The molecule has 0 aliphatic carbocycles. The lowest BCUT2D eigenvalue weighted by Crippen LogP contribution is -2.34. The van der Waals surface area contributed by atoms with Crippen molar-refractivity contribution in [1.82, 2.24) is 15.1 Å². The summed E-state index contributed by atoms with van der Waals surface area (Å²) in [7, 11) is 3.70. The summed E-state index contributed by atoms with van der Waals surface area (Å²) in [4.78, 5) is 33.9. The summed E-state index contributed by atoms with van der Waals surface area (Å²) in [6, 6.07) is 9.48. The highest BCUT2D eigenvalue weighted by Crippen LogP contribution is 2.38. The van der Waals surface area contributed by atoms with Crippen LogP contribution in [0.1, 0.15) is 61.5 Å². The average Bonchev–Trinajstić information content (AvgIpc) is 3.12. The van der Waals surface area contributed by atoms with E-state index in [1.807, 2.05) is 60.2 Å². The van der Waals surface area contributed by atoms with Crippen LogP contribution in [-0.4, -0.2) is 73.3 Å². The van der Waals surface area contributed by atoms with Gasteiger partial charge in [-0.15, -0.1) is 0 Å². The van der Waals surface area contributed by atoms with Crippen LogP contribution >= 0.6 is 11.6 Å². The van der Waals surface area contributed by atoms with Crippen molar-refractivity contribution in [2.45, 2.75) is 40.0 Å². The van der Waals surface area contributed by atoms with Crippen molar-refractivity contribution in [3.8, 4) is 11.1 Å². The Morgan fingerprint density at radius 2 is 1.82 bits per heavy atom. The molecule has 0 saturated carbocycles. The first-order valence-corrected chi connectivity index (χ1v) is 13.8. The number of rotatable bonds is 11. The largest absolute Gasteiger partial charge is 0.395 e. The third kappa shape index (κ3) is 7.37. The Kier molecular flexibility index (Phi) is 10.9. The number of likely N-dealkylation sites (N-methyl/N-ethyl adjacent to an activating group) is 1. The monoisotopic (exact) mass is 550 g/mol. The molecular formula is C31H39ClN4O3. The van der Waals surface area contributed by atoms with Crippen molar-refractivity contribution in [2.75, 3.05) is 40.3 Å². The summed E-state index contributed by atoms with van der Waals surface area (Å²) in [6.45, 7) is 8.04. The number of hydrogen-bond acceptors (Lipinski definition) is 6. The molecule has 1 amide bonds. The molecule has 2 N–H and O–H groups in total. The van der Waals surface area contributed by atoms with Crippen LogP contribution in [0.5, 0.6) is 0 Å². The molecule has 39 heavy (non-hydrogen) atoms. The zero-order valence-electron chi connectivity index (χ0n) is 23.6. The molecule has 1 aliphatic rings. The molecule has 1 aliphatic heterocycles. The Morgan fingerprint density at radius 3 is 2.44 bits per heavy atom. The Hall–Kier alpha value is -3.42. The predicted molar refractivity (Wildman–Crippen MR) is 162 cm³/mol. The SMILES string of the molecule is CCCN(CCC)C(=O)C1=Cc2c(Cl)cc(-c3ccc(C=O)c(/C=C(/C)N(C)CCO)c3)cc2N=C(NC)C1. The van der Waals surface area contributed by atoms with E-state index < -0.39 is 0 Å². The van der Waals surface area contributed by atoms with Crippen molar-refractivity contribution in [3.05, 3.63) is 63.3 Å². The van der Waals surface area contributed by atoms with E-state index in [0.717, 1.165) is 41.5 Å². The van der Waals surface area contributed by atoms with Crippen molar-refractivity contribution < 1.29 is 14.7 Å². The molecule has 2 aromatic carbocycles. The minimum absolute atomic E-state index is 0.0112. The maximum absolute atomic E-state index is 13.5. The number of benzene rings is 2. The van der Waals surface area contributed by atoms with Gasteiger partial charge in [-0.1, -0.05) is 37.6 Å². The molecule has 0 aromatic heterocycles. The Labute approximate surface area is 236 Å². The normalized spacial score (nSPS) is 13.2. The maximum Gasteiger partial charge on any atom is 0.250 e. The highest BCUT2D eigenvalue weighted by atomic mass is 35.5. The van der Waals surface area contributed by atoms with Crippen LogP contribution in [0.2, 0.25) is 5.02 Å². The van der Waals surface area contributed by atoms with Crippen molar-refractivity contribution in [2.24, 2.45) is 4.99 Å². The third-order valence-electron chi connectivity index (χ3n) is 6.83. The van der Waals surface area contributed by atoms with E-state index >= 15 is 0 Å². The number of carbonyl (C=O) groups is 2. The molecule has 3 rings (SSSR count). The maximum atomic E-state index is 13.5. The fourth-order valence-corrected chi connectivity index (χ4v) is 4.85. The molecule has 0 unspecified atom stereocenters. The first-order valence-electron chi connectivity index (χ1n) is 13.4. The van der Waals surface area contributed by atoms with E-state index in [1.165, 1.54) is 0 Å². The van der Waals surface area contributed by atoms with Gasteiger partial charge in [-0.2, -0.15) is 0 Å². The number of aliphatic hydroxyl groups excluding tert-OH is 1. The first-order chi connectivity index (χ1) is 18.8. The Balaban J connectivity index is 2.09. The molecule has 0 spiro atoms. The van der Waals surface area contributed by atoms with Gasteiger partial charge in [0.2, 0.25) is 5.91 Å². The molecule has 7 nitrogen and oxygen atoms in total. The number of nitrogens with one attached hydrogen (secondary N) is 1. The number of amidine groups is 1. The van der Waals surface area contributed by atoms with Crippen molar-refractivity contribution in [1.29, 1.82) is 0 Å². The van der Waals surface area contributed by atoms with Crippen molar-refractivity contribution in [3.63, 3.8) is 0 Å². The van der Waals surface area contributed by atoms with Crippen LogP contribution in [0.3, 0.4) is 0 Å². The fraction of sp³-hybridized carbons (Fsp3) is 0.387. The van der Waals surface area contributed by atoms with Crippen LogP contribution < -0.4 is 5.32 Å². The van der Waals surface area contributed by atoms with Crippen LogP contribution in [-0.2, 0) is 4.79 Å². The van der Waals surface area contributed by atoms with Crippen LogP contribution in [0.25, 0.3) is 23.3 Å². The van der Waals surface area contributed by atoms with E-state index in [1.54, 1.807) is 13.1 Å². The Morgan fingerprint density at radius 1 is 1.10 bits per heavy atom.